The molecule has 2 heterocycles. The van der Waals surface area contributed by atoms with Gasteiger partial charge in [0.05, 0.1) is 6.26 Å². The zero-order valence-corrected chi connectivity index (χ0v) is 14.7. The highest BCUT2D eigenvalue weighted by Crippen LogP contribution is 2.32. The summed E-state index contributed by atoms with van der Waals surface area (Å²) < 4.78 is 29.8. The van der Waals surface area contributed by atoms with E-state index in [0.717, 1.165) is 0 Å². The van der Waals surface area contributed by atoms with Crippen molar-refractivity contribution in [3.63, 3.8) is 0 Å². The molecule has 1 N–H and O–H groups in total. The molecule has 1 saturated carbocycles. The molecule has 1 amide bonds. The molecule has 0 radical (unpaired) electrons. The van der Waals surface area contributed by atoms with Gasteiger partial charge in [0, 0.05) is 38.4 Å². The Labute approximate surface area is 142 Å². The second-order valence-electron chi connectivity index (χ2n) is 6.73. The molecule has 8 nitrogen and oxygen atoms in total. The Balaban J connectivity index is 1.43. The Morgan fingerprint density at radius 1 is 1.29 bits per heavy atom. The van der Waals surface area contributed by atoms with Crippen molar-refractivity contribution in [1.82, 2.24) is 19.8 Å². The predicted molar refractivity (Wildman–Crippen MR) is 86.7 cm³/mol. The van der Waals surface area contributed by atoms with Crippen LogP contribution in [-0.2, 0) is 21.2 Å². The van der Waals surface area contributed by atoms with Gasteiger partial charge in [-0.05, 0) is 31.6 Å². The van der Waals surface area contributed by atoms with Crippen LogP contribution in [-0.4, -0.2) is 54.7 Å². The summed E-state index contributed by atoms with van der Waals surface area (Å²) >= 11 is 0. The smallest absolute Gasteiger partial charge is 0.228 e. The first-order valence-electron chi connectivity index (χ1n) is 8.46. The maximum atomic E-state index is 11.6. The Morgan fingerprint density at radius 3 is 2.62 bits per heavy atom. The van der Waals surface area contributed by atoms with Gasteiger partial charge in [-0.1, -0.05) is 5.16 Å². The number of hydrogen-bond donors (Lipinski definition) is 1. The highest BCUT2D eigenvalue weighted by atomic mass is 32.2. The average molecular weight is 356 g/mol. The Morgan fingerprint density at radius 2 is 2.00 bits per heavy atom. The number of piperidine rings is 1. The van der Waals surface area contributed by atoms with E-state index in [-0.39, 0.29) is 11.8 Å². The molecule has 2 aliphatic rings. The first kappa shape index (κ1) is 17.3. The third kappa shape index (κ3) is 4.76. The van der Waals surface area contributed by atoms with Crippen molar-refractivity contribution in [2.45, 2.75) is 44.4 Å². The summed E-state index contributed by atoms with van der Waals surface area (Å²) in [5.74, 6) is 1.96. The number of rotatable bonds is 7. The van der Waals surface area contributed by atoms with Gasteiger partial charge in [0.15, 0.2) is 5.82 Å². The molecular weight excluding hydrogens is 332 g/mol. The lowest BCUT2D eigenvalue weighted by Gasteiger charge is -2.28. The third-order valence-electron chi connectivity index (χ3n) is 4.60. The third-order valence-corrected chi connectivity index (χ3v) is 5.91. The van der Waals surface area contributed by atoms with E-state index in [9.17, 15) is 13.2 Å². The van der Waals surface area contributed by atoms with Crippen molar-refractivity contribution in [2.75, 3.05) is 25.9 Å². The summed E-state index contributed by atoms with van der Waals surface area (Å²) in [7, 11) is -3.12. The fraction of sp³-hybridized carbons (Fsp3) is 0.800. The molecule has 3 rings (SSSR count). The first-order valence-corrected chi connectivity index (χ1v) is 10.3. The number of nitrogens with one attached hydrogen (secondary N) is 1. The number of sulfonamides is 1. The van der Waals surface area contributed by atoms with Crippen LogP contribution >= 0.6 is 0 Å². The van der Waals surface area contributed by atoms with Gasteiger partial charge in [0.1, 0.15) is 0 Å². The van der Waals surface area contributed by atoms with Gasteiger partial charge >= 0.3 is 0 Å². The van der Waals surface area contributed by atoms with Crippen molar-refractivity contribution in [1.29, 1.82) is 0 Å². The number of carbonyl (C=O) groups is 1. The van der Waals surface area contributed by atoms with Crippen molar-refractivity contribution < 1.29 is 17.7 Å². The summed E-state index contributed by atoms with van der Waals surface area (Å²) in [4.78, 5) is 16.0. The molecule has 0 unspecified atom stereocenters. The van der Waals surface area contributed by atoms with E-state index in [1.807, 2.05) is 0 Å². The maximum Gasteiger partial charge on any atom is 0.228 e. The van der Waals surface area contributed by atoms with E-state index >= 15 is 0 Å². The van der Waals surface area contributed by atoms with Crippen LogP contribution in [0, 0.1) is 5.92 Å². The van der Waals surface area contributed by atoms with Crippen LogP contribution in [0.4, 0.5) is 0 Å². The van der Waals surface area contributed by atoms with Crippen LogP contribution in [0.15, 0.2) is 4.52 Å². The van der Waals surface area contributed by atoms with Gasteiger partial charge < -0.3 is 9.84 Å². The van der Waals surface area contributed by atoms with Crippen LogP contribution in [0.3, 0.4) is 0 Å². The van der Waals surface area contributed by atoms with Crippen LogP contribution in [0.5, 0.6) is 0 Å². The van der Waals surface area contributed by atoms with Gasteiger partial charge in [-0.15, -0.1) is 0 Å². The summed E-state index contributed by atoms with van der Waals surface area (Å²) in [5.41, 5.74) is 0. The van der Waals surface area contributed by atoms with Crippen LogP contribution < -0.4 is 5.32 Å². The lowest BCUT2D eigenvalue weighted by Crippen LogP contribution is -2.37. The van der Waals surface area contributed by atoms with E-state index in [0.29, 0.717) is 63.0 Å². The highest BCUT2D eigenvalue weighted by Gasteiger charge is 2.28. The number of hydrogen-bond acceptors (Lipinski definition) is 6. The van der Waals surface area contributed by atoms with E-state index in [4.69, 9.17) is 4.52 Å². The monoisotopic (exact) mass is 356 g/mol. The van der Waals surface area contributed by atoms with Crippen molar-refractivity contribution in [3.05, 3.63) is 11.7 Å². The molecule has 1 aliphatic carbocycles. The summed E-state index contributed by atoms with van der Waals surface area (Å²) in [6.45, 7) is 1.48. The molecule has 0 bridgehead atoms. The summed E-state index contributed by atoms with van der Waals surface area (Å²) in [5, 5.41) is 6.89. The van der Waals surface area contributed by atoms with E-state index < -0.39 is 10.0 Å². The second kappa shape index (κ2) is 7.18. The van der Waals surface area contributed by atoms with Crippen molar-refractivity contribution in [2.24, 2.45) is 5.92 Å². The average Bonchev–Trinajstić information content (AvgIpc) is 3.21. The predicted octanol–water partition coefficient (Wildman–Crippen LogP) is 0.667. The number of amides is 1. The molecule has 1 saturated heterocycles. The molecule has 0 spiro atoms. The van der Waals surface area contributed by atoms with Crippen LogP contribution in [0.25, 0.3) is 0 Å². The minimum atomic E-state index is -3.12. The van der Waals surface area contributed by atoms with Crippen molar-refractivity contribution in [3.8, 4) is 0 Å². The standard InChI is InChI=1S/C15H24N4O4S/c1-24(21,22)19-8-5-12(6-9-19)15-17-14(23-18-15)4-7-16-13(20)10-11-2-3-11/h11-12H,2-10H2,1H3,(H,16,20). The van der Waals surface area contributed by atoms with Gasteiger partial charge in [0.25, 0.3) is 0 Å². The quantitative estimate of drug-likeness (QED) is 0.770. The molecular formula is C15H24N4O4S. The molecule has 1 aromatic heterocycles. The molecule has 0 aromatic carbocycles. The number of aromatic nitrogens is 2. The molecule has 0 atom stereocenters. The largest absolute Gasteiger partial charge is 0.356 e. The number of carbonyl (C=O) groups excluding carboxylic acids is 1. The van der Waals surface area contributed by atoms with E-state index in [1.165, 1.54) is 23.4 Å². The highest BCUT2D eigenvalue weighted by molar-refractivity contribution is 7.88. The zero-order chi connectivity index (χ0) is 17.2. The van der Waals surface area contributed by atoms with Gasteiger partial charge in [-0.3, -0.25) is 4.79 Å². The van der Waals surface area contributed by atoms with Crippen LogP contribution in [0.2, 0.25) is 0 Å². The Kier molecular flexibility index (Phi) is 5.19. The van der Waals surface area contributed by atoms with Gasteiger partial charge in [-0.25, -0.2) is 12.7 Å². The lowest BCUT2D eigenvalue weighted by atomic mass is 9.97. The molecule has 2 fully saturated rings. The lowest BCUT2D eigenvalue weighted by molar-refractivity contribution is -0.121. The van der Waals surface area contributed by atoms with Crippen molar-refractivity contribution >= 4 is 15.9 Å². The van der Waals surface area contributed by atoms with E-state index in [1.54, 1.807) is 0 Å². The minimum Gasteiger partial charge on any atom is -0.356 e. The SMILES string of the molecule is CS(=O)(=O)N1CCC(c2noc(CCNC(=O)CC3CC3)n2)CC1. The second-order valence-corrected chi connectivity index (χ2v) is 8.71. The van der Waals surface area contributed by atoms with Crippen LogP contribution in [0.1, 0.15) is 49.7 Å². The minimum absolute atomic E-state index is 0.0883. The fourth-order valence-electron chi connectivity index (χ4n) is 2.95. The van der Waals surface area contributed by atoms with Gasteiger partial charge in [0.2, 0.25) is 21.8 Å². The number of nitrogens with zero attached hydrogens (tertiary/aromatic N) is 3. The summed E-state index contributed by atoms with van der Waals surface area (Å²) in [6, 6.07) is 0. The molecule has 1 aliphatic heterocycles. The Bertz CT molecular complexity index is 675. The maximum absolute atomic E-state index is 11.6. The molecule has 134 valence electrons. The summed E-state index contributed by atoms with van der Waals surface area (Å²) in [6.07, 6.45) is 6.10. The molecule has 9 heteroatoms. The Hall–Kier alpha value is -1.48. The van der Waals surface area contributed by atoms with Gasteiger partial charge in [-0.2, -0.15) is 4.98 Å². The molecule has 24 heavy (non-hydrogen) atoms. The fourth-order valence-corrected chi connectivity index (χ4v) is 3.82. The molecule has 1 aromatic rings. The topological polar surface area (TPSA) is 105 Å². The first-order chi connectivity index (χ1) is 11.4. The zero-order valence-electron chi connectivity index (χ0n) is 13.9. The van der Waals surface area contributed by atoms with E-state index in [2.05, 4.69) is 15.5 Å². The normalized spacial score (nSPS) is 20.2.